The fraction of sp³-hybridized carbons (Fsp3) is 0.833. The number of esters is 1. The molecule has 112 valence electrons. The molecule has 0 heterocycles. The van der Waals surface area contributed by atoms with E-state index in [0.717, 1.165) is 0 Å². The average molecular weight is 292 g/mol. The Kier molecular flexibility index (Phi) is 8.62. The first-order valence-electron chi connectivity index (χ1n) is 6.57. The van der Waals surface area contributed by atoms with E-state index in [-0.39, 0.29) is 6.42 Å². The highest BCUT2D eigenvalue weighted by atomic mass is 28.4. The van der Waals surface area contributed by atoms with Crippen LogP contribution in [0.25, 0.3) is 0 Å². The maximum atomic E-state index is 11.6. The second kappa shape index (κ2) is 9.06. The molecule has 0 aliphatic heterocycles. The van der Waals surface area contributed by atoms with Crippen LogP contribution >= 0.6 is 0 Å². The van der Waals surface area contributed by atoms with E-state index >= 15 is 0 Å². The highest BCUT2D eigenvalue weighted by Crippen LogP contribution is 2.28. The van der Waals surface area contributed by atoms with Gasteiger partial charge >= 0.3 is 20.5 Å². The molecule has 1 N–H and O–H groups in total. The van der Waals surface area contributed by atoms with E-state index in [1.807, 2.05) is 6.92 Å². The Morgan fingerprint density at radius 1 is 1.16 bits per heavy atom. The summed E-state index contributed by atoms with van der Waals surface area (Å²) in [4.78, 5) is 23.0. The van der Waals surface area contributed by atoms with Crippen molar-refractivity contribution >= 4 is 20.5 Å². The fourth-order valence-electron chi connectivity index (χ4n) is 1.75. The van der Waals surface area contributed by atoms with Gasteiger partial charge in [0.2, 0.25) is 0 Å². The second-order valence-electron chi connectivity index (χ2n) is 4.20. The summed E-state index contributed by atoms with van der Waals surface area (Å²) in [7, 11) is -2.94. The van der Waals surface area contributed by atoms with Crippen molar-refractivity contribution in [2.45, 2.75) is 45.7 Å². The Morgan fingerprint density at radius 2 is 1.68 bits per heavy atom. The molecule has 7 heteroatoms. The molecule has 0 aliphatic carbocycles. The number of carboxylic acid groups (broad SMARTS) is 1. The molecular weight excluding hydrogens is 268 g/mol. The molecule has 19 heavy (non-hydrogen) atoms. The lowest BCUT2D eigenvalue weighted by molar-refractivity contribution is -0.148. The summed E-state index contributed by atoms with van der Waals surface area (Å²) in [5, 5.41) is 9.30. The normalized spacial score (nSPS) is 13.1. The zero-order chi connectivity index (χ0) is 14.9. The van der Waals surface area contributed by atoms with Crippen molar-refractivity contribution in [2.24, 2.45) is 0 Å². The Bertz CT molecular complexity index is 288. The van der Waals surface area contributed by atoms with Gasteiger partial charge in [0.1, 0.15) is 5.54 Å². The number of carbonyl (C=O) groups is 2. The van der Waals surface area contributed by atoms with Crippen LogP contribution in [0.5, 0.6) is 0 Å². The molecule has 0 spiro atoms. The van der Waals surface area contributed by atoms with Crippen LogP contribution in [0.1, 0.15) is 33.6 Å². The van der Waals surface area contributed by atoms with Gasteiger partial charge in [0.25, 0.3) is 0 Å². The van der Waals surface area contributed by atoms with E-state index in [0.29, 0.717) is 26.2 Å². The minimum atomic E-state index is -2.94. The summed E-state index contributed by atoms with van der Waals surface area (Å²) >= 11 is 0. The van der Waals surface area contributed by atoms with Gasteiger partial charge in [-0.15, -0.1) is 0 Å². The predicted molar refractivity (Wildman–Crippen MR) is 72.1 cm³/mol. The second-order valence-corrected chi connectivity index (χ2v) is 7.50. The van der Waals surface area contributed by atoms with Crippen LogP contribution < -0.4 is 0 Å². The van der Waals surface area contributed by atoms with Crippen molar-refractivity contribution in [2.75, 3.05) is 19.8 Å². The summed E-state index contributed by atoms with van der Waals surface area (Å²) in [6.45, 7) is 8.12. The molecule has 0 bridgehead atoms. The molecule has 0 saturated carbocycles. The first-order chi connectivity index (χ1) is 8.91. The SMILES string of the molecule is CCCOC(=O)CC(C(=O)O)[Si](C)(OCC)OCC. The maximum Gasteiger partial charge on any atom is 0.350 e. The third-order valence-electron chi connectivity index (χ3n) is 2.63. The number of ether oxygens (including phenoxy) is 1. The van der Waals surface area contributed by atoms with Crippen molar-refractivity contribution in [3.63, 3.8) is 0 Å². The van der Waals surface area contributed by atoms with Crippen molar-refractivity contribution < 1.29 is 28.3 Å². The number of hydrogen-bond acceptors (Lipinski definition) is 5. The summed E-state index contributed by atoms with van der Waals surface area (Å²) in [5.41, 5.74) is -0.961. The van der Waals surface area contributed by atoms with E-state index in [1.54, 1.807) is 20.4 Å². The summed E-state index contributed by atoms with van der Waals surface area (Å²) in [6, 6.07) is 0. The van der Waals surface area contributed by atoms with Gasteiger partial charge in [-0.3, -0.25) is 9.59 Å². The molecule has 0 aromatic heterocycles. The molecule has 1 atom stereocenters. The summed E-state index contributed by atoms with van der Waals surface area (Å²) in [6.07, 6.45) is 0.493. The standard InChI is InChI=1S/C12H24O6Si/c1-5-8-16-11(13)9-10(12(14)15)19(4,17-6-2)18-7-3/h10H,5-9H2,1-4H3,(H,14,15). The minimum Gasteiger partial charge on any atom is -0.481 e. The van der Waals surface area contributed by atoms with Gasteiger partial charge in [-0.2, -0.15) is 0 Å². The highest BCUT2D eigenvalue weighted by molar-refractivity contribution is 6.71. The quantitative estimate of drug-likeness (QED) is 0.489. The molecule has 6 nitrogen and oxygen atoms in total. The van der Waals surface area contributed by atoms with Crippen LogP contribution in [0.3, 0.4) is 0 Å². The van der Waals surface area contributed by atoms with Crippen LogP contribution in [0, 0.1) is 0 Å². The number of carboxylic acids is 1. The molecule has 0 aliphatic rings. The predicted octanol–water partition coefficient (Wildman–Crippen LogP) is 1.93. The van der Waals surface area contributed by atoms with Crippen LogP contribution in [0.15, 0.2) is 0 Å². The Hall–Kier alpha value is -0.923. The van der Waals surface area contributed by atoms with E-state index in [2.05, 4.69) is 0 Å². The van der Waals surface area contributed by atoms with Crippen LogP contribution in [-0.4, -0.2) is 45.4 Å². The molecular formula is C12H24O6Si. The van der Waals surface area contributed by atoms with Gasteiger partial charge in [-0.1, -0.05) is 6.92 Å². The lowest BCUT2D eigenvalue weighted by Gasteiger charge is -2.30. The number of aliphatic carboxylic acids is 1. The molecule has 0 radical (unpaired) electrons. The van der Waals surface area contributed by atoms with Gasteiger partial charge in [0.05, 0.1) is 13.0 Å². The van der Waals surface area contributed by atoms with Crippen molar-refractivity contribution in [3.8, 4) is 0 Å². The van der Waals surface area contributed by atoms with Gasteiger partial charge in [-0.25, -0.2) is 0 Å². The summed E-state index contributed by atoms with van der Waals surface area (Å²) in [5.74, 6) is -1.60. The smallest absolute Gasteiger partial charge is 0.350 e. The molecule has 0 aromatic carbocycles. The number of carbonyl (C=O) groups excluding carboxylic acids is 1. The Morgan fingerprint density at radius 3 is 2.05 bits per heavy atom. The van der Waals surface area contributed by atoms with Crippen molar-refractivity contribution in [3.05, 3.63) is 0 Å². The molecule has 1 unspecified atom stereocenters. The maximum absolute atomic E-state index is 11.6. The minimum absolute atomic E-state index is 0.210. The summed E-state index contributed by atoms with van der Waals surface area (Å²) < 4.78 is 16.0. The van der Waals surface area contributed by atoms with Crippen LogP contribution in [0.4, 0.5) is 0 Å². The number of hydrogen-bond donors (Lipinski definition) is 1. The monoisotopic (exact) mass is 292 g/mol. The zero-order valence-electron chi connectivity index (χ0n) is 12.1. The lowest BCUT2D eigenvalue weighted by atomic mass is 10.3. The topological polar surface area (TPSA) is 82.1 Å². The highest BCUT2D eigenvalue weighted by Gasteiger charge is 2.47. The van der Waals surface area contributed by atoms with Gasteiger partial charge < -0.3 is 18.7 Å². The zero-order valence-corrected chi connectivity index (χ0v) is 13.1. The van der Waals surface area contributed by atoms with Crippen molar-refractivity contribution in [1.29, 1.82) is 0 Å². The first-order valence-corrected chi connectivity index (χ1v) is 8.96. The Labute approximate surface area is 115 Å². The molecule has 0 fully saturated rings. The van der Waals surface area contributed by atoms with Crippen molar-refractivity contribution in [1.82, 2.24) is 0 Å². The van der Waals surface area contributed by atoms with E-state index in [9.17, 15) is 14.7 Å². The number of rotatable bonds is 10. The lowest BCUT2D eigenvalue weighted by Crippen LogP contribution is -2.47. The van der Waals surface area contributed by atoms with Crippen LogP contribution in [0.2, 0.25) is 12.1 Å². The third-order valence-corrected chi connectivity index (χ3v) is 6.07. The van der Waals surface area contributed by atoms with E-state index < -0.39 is 26.0 Å². The van der Waals surface area contributed by atoms with E-state index in [1.165, 1.54) is 0 Å². The largest absolute Gasteiger partial charge is 0.481 e. The van der Waals surface area contributed by atoms with Crippen LogP contribution in [-0.2, 0) is 23.2 Å². The molecule has 0 aromatic rings. The van der Waals surface area contributed by atoms with Gasteiger partial charge in [0, 0.05) is 13.2 Å². The Balaban J connectivity index is 4.84. The fourth-order valence-corrected chi connectivity index (χ4v) is 4.37. The molecule has 0 rings (SSSR count). The first kappa shape index (κ1) is 18.1. The molecule has 0 saturated heterocycles. The van der Waals surface area contributed by atoms with E-state index in [4.69, 9.17) is 13.6 Å². The van der Waals surface area contributed by atoms with Gasteiger partial charge in [0.15, 0.2) is 0 Å². The molecule has 0 amide bonds. The third kappa shape index (κ3) is 6.17. The average Bonchev–Trinajstić information content (AvgIpc) is 2.33. The van der Waals surface area contributed by atoms with Gasteiger partial charge in [-0.05, 0) is 26.8 Å².